The van der Waals surface area contributed by atoms with E-state index >= 15 is 0 Å². The second kappa shape index (κ2) is 10.6. The van der Waals surface area contributed by atoms with Gasteiger partial charge in [-0.3, -0.25) is 9.69 Å². The third-order valence-corrected chi connectivity index (χ3v) is 5.78. The first kappa shape index (κ1) is 21.6. The number of rotatable bonds is 10. The molecule has 2 heterocycles. The Kier molecular flexibility index (Phi) is 7.43. The van der Waals surface area contributed by atoms with E-state index < -0.39 is 5.97 Å². The molecule has 2 aliphatic heterocycles. The number of hydrogen-bond donors (Lipinski definition) is 1. The van der Waals surface area contributed by atoms with Gasteiger partial charge in [0.2, 0.25) is 0 Å². The van der Waals surface area contributed by atoms with Crippen molar-refractivity contribution >= 4 is 11.9 Å². The number of nitrogens with zero attached hydrogens (tertiary/aromatic N) is 1. The van der Waals surface area contributed by atoms with Crippen LogP contribution < -0.4 is 4.74 Å². The molecule has 0 unspecified atom stereocenters. The lowest BCUT2D eigenvalue weighted by Crippen LogP contribution is -2.38. The average Bonchev–Trinajstić information content (AvgIpc) is 3.19. The van der Waals surface area contributed by atoms with Crippen LogP contribution in [0, 0.1) is 6.92 Å². The number of phenols is 1. The number of benzene rings is 1. The Labute approximate surface area is 184 Å². The predicted molar refractivity (Wildman–Crippen MR) is 113 cm³/mol. The van der Waals surface area contributed by atoms with Crippen molar-refractivity contribution in [3.63, 3.8) is 0 Å². The van der Waals surface area contributed by atoms with E-state index in [-0.39, 0.29) is 18.3 Å². The SMILES string of the molecule is [2H]Oc1c(C/C=C(\C)CCC(=O)OCCN2CCOCC2)c(OC)c(C)c2c1C(=O)OC2. The molecule has 0 aliphatic carbocycles. The lowest BCUT2D eigenvalue weighted by Gasteiger charge is -2.26. The monoisotopic (exact) mass is 434 g/mol. The summed E-state index contributed by atoms with van der Waals surface area (Å²) in [6, 6.07) is 0. The number of methoxy groups -OCH3 is 1. The van der Waals surface area contributed by atoms with E-state index in [2.05, 4.69) is 4.90 Å². The summed E-state index contributed by atoms with van der Waals surface area (Å²) in [4.78, 5) is 26.4. The van der Waals surface area contributed by atoms with Crippen molar-refractivity contribution in [1.29, 1.82) is 1.43 Å². The maximum Gasteiger partial charge on any atom is 0.342 e. The van der Waals surface area contributed by atoms with Crippen LogP contribution in [-0.2, 0) is 32.0 Å². The van der Waals surface area contributed by atoms with E-state index in [9.17, 15) is 9.59 Å². The van der Waals surface area contributed by atoms with E-state index in [1.54, 1.807) is 7.11 Å². The third-order valence-electron chi connectivity index (χ3n) is 5.78. The summed E-state index contributed by atoms with van der Waals surface area (Å²) in [6.07, 6.45) is 3.20. The molecule has 0 bridgehead atoms. The summed E-state index contributed by atoms with van der Waals surface area (Å²) in [6.45, 7) is 8.23. The van der Waals surface area contributed by atoms with Crippen LogP contribution in [0.2, 0.25) is 0 Å². The topological polar surface area (TPSA) is 94.5 Å². The molecule has 8 nitrogen and oxygen atoms in total. The molecular formula is C23H31NO7. The highest BCUT2D eigenvalue weighted by Gasteiger charge is 2.31. The van der Waals surface area contributed by atoms with Gasteiger partial charge in [0, 0.05) is 37.2 Å². The third kappa shape index (κ3) is 5.57. The average molecular weight is 435 g/mol. The molecule has 0 saturated carbocycles. The zero-order valence-electron chi connectivity index (χ0n) is 19.5. The zero-order chi connectivity index (χ0) is 23.1. The second-order valence-corrected chi connectivity index (χ2v) is 7.82. The van der Waals surface area contributed by atoms with Crippen LogP contribution in [0.5, 0.6) is 11.5 Å². The molecule has 0 spiro atoms. The molecule has 0 radical (unpaired) electrons. The van der Waals surface area contributed by atoms with Crippen molar-refractivity contribution in [2.45, 2.75) is 39.7 Å². The van der Waals surface area contributed by atoms with Crippen molar-refractivity contribution in [3.05, 3.63) is 33.9 Å². The van der Waals surface area contributed by atoms with Crippen molar-refractivity contribution in [3.8, 4) is 11.5 Å². The minimum absolute atomic E-state index is 0.148. The number of phenolic OH excluding ortho intramolecular Hbond substituents is 1. The smallest absolute Gasteiger partial charge is 0.342 e. The molecule has 1 aromatic carbocycles. The molecule has 0 amide bonds. The molecule has 0 aromatic heterocycles. The number of esters is 2. The Bertz CT molecular complexity index is 878. The van der Waals surface area contributed by atoms with Gasteiger partial charge in [-0.1, -0.05) is 11.6 Å². The molecule has 1 fully saturated rings. The van der Waals surface area contributed by atoms with Crippen LogP contribution in [0.1, 0.15) is 46.8 Å². The fourth-order valence-corrected chi connectivity index (χ4v) is 3.87. The van der Waals surface area contributed by atoms with Gasteiger partial charge in [0.15, 0.2) is 0 Å². The molecule has 1 aromatic rings. The van der Waals surface area contributed by atoms with Crippen LogP contribution in [0.4, 0.5) is 0 Å². The maximum atomic E-state index is 12.1. The van der Waals surface area contributed by atoms with E-state index in [4.69, 9.17) is 25.5 Å². The first-order valence-corrected chi connectivity index (χ1v) is 10.6. The number of aromatic hydroxyl groups is 1. The Balaban J connectivity index is 1.57. The first-order valence-electron chi connectivity index (χ1n) is 11.0. The van der Waals surface area contributed by atoms with Gasteiger partial charge < -0.3 is 24.1 Å². The molecule has 31 heavy (non-hydrogen) atoms. The maximum absolute atomic E-state index is 12.1. The van der Waals surface area contributed by atoms with Gasteiger partial charge in [-0.2, -0.15) is 0 Å². The number of ether oxygens (including phenoxy) is 4. The predicted octanol–water partition coefficient (Wildman–Crippen LogP) is 2.52. The van der Waals surface area contributed by atoms with Crippen molar-refractivity contribution in [1.82, 2.24) is 4.90 Å². The quantitative estimate of drug-likeness (QED) is 0.443. The highest BCUT2D eigenvalue weighted by Crippen LogP contribution is 2.42. The van der Waals surface area contributed by atoms with Gasteiger partial charge in [-0.05, 0) is 32.3 Å². The zero-order valence-corrected chi connectivity index (χ0v) is 18.5. The molecule has 2 aliphatic rings. The van der Waals surface area contributed by atoms with Crippen molar-refractivity contribution in [2.24, 2.45) is 0 Å². The van der Waals surface area contributed by atoms with Gasteiger partial charge in [-0.25, -0.2) is 4.79 Å². The van der Waals surface area contributed by atoms with Crippen LogP contribution in [0.25, 0.3) is 0 Å². The van der Waals surface area contributed by atoms with E-state index in [1.807, 2.05) is 19.9 Å². The number of morpholine rings is 1. The fraction of sp³-hybridized carbons (Fsp3) is 0.565. The van der Waals surface area contributed by atoms with Crippen molar-refractivity contribution < 1.29 is 33.6 Å². The van der Waals surface area contributed by atoms with Crippen LogP contribution >= 0.6 is 0 Å². The fourth-order valence-electron chi connectivity index (χ4n) is 3.87. The number of hydrogen-bond acceptors (Lipinski definition) is 8. The van der Waals surface area contributed by atoms with Gasteiger partial charge in [0.1, 0.15) is 30.3 Å². The van der Waals surface area contributed by atoms with Crippen molar-refractivity contribution in [2.75, 3.05) is 46.6 Å². The largest absolute Gasteiger partial charge is 0.507 e. The first-order chi connectivity index (χ1) is 15.5. The number of carbonyl (C=O) groups excluding carboxylic acids is 2. The van der Waals surface area contributed by atoms with Gasteiger partial charge >= 0.3 is 11.9 Å². The Hall–Kier alpha value is -2.58. The lowest BCUT2D eigenvalue weighted by atomic mass is 9.94. The van der Waals surface area contributed by atoms with Crippen LogP contribution in [-0.4, -0.2) is 69.9 Å². The molecule has 1 saturated heterocycles. The number of cyclic esters (lactones) is 1. The van der Waals surface area contributed by atoms with Crippen LogP contribution in [0.15, 0.2) is 11.6 Å². The lowest BCUT2D eigenvalue weighted by molar-refractivity contribution is -0.144. The molecule has 1 N–H and O–H groups in total. The molecule has 3 rings (SSSR count). The summed E-state index contributed by atoms with van der Waals surface area (Å²) in [5.74, 6) is 0.0251. The summed E-state index contributed by atoms with van der Waals surface area (Å²) in [5.41, 5.74) is 3.40. The minimum atomic E-state index is -0.491. The van der Waals surface area contributed by atoms with E-state index in [0.29, 0.717) is 48.3 Å². The molecular weight excluding hydrogens is 402 g/mol. The van der Waals surface area contributed by atoms with E-state index in [1.165, 1.54) is 0 Å². The van der Waals surface area contributed by atoms with E-state index in [0.717, 1.165) is 44.0 Å². The Morgan fingerprint density at radius 2 is 2.10 bits per heavy atom. The highest BCUT2D eigenvalue weighted by atomic mass is 16.5. The summed E-state index contributed by atoms with van der Waals surface area (Å²) in [7, 11) is 1.55. The van der Waals surface area contributed by atoms with Gasteiger partial charge in [0.05, 0.1) is 20.3 Å². The minimum Gasteiger partial charge on any atom is -0.507 e. The number of allylic oxidation sites excluding steroid dienone is 2. The van der Waals surface area contributed by atoms with Gasteiger partial charge in [-0.15, -0.1) is 0 Å². The summed E-state index contributed by atoms with van der Waals surface area (Å²) < 4.78 is 28.8. The standard InChI is InChI=1S/C23H31NO7/c1-15(5-7-19(25)30-13-10-24-8-11-29-12-9-24)4-6-17-21(26)20-18(14-31-23(20)27)16(2)22(17)28-3/h4,26H,5-14H2,1-3H3/b15-4+/i/hD. The number of carbonyl (C=O) groups is 2. The molecule has 8 heteroatoms. The Morgan fingerprint density at radius 1 is 1.32 bits per heavy atom. The summed E-state index contributed by atoms with van der Waals surface area (Å²) in [5, 5.41) is 4.83. The molecule has 170 valence electrons. The highest BCUT2D eigenvalue weighted by molar-refractivity contribution is 5.98. The number of fused-ring (bicyclic) bond motifs is 1. The van der Waals surface area contributed by atoms with Crippen LogP contribution in [0.3, 0.4) is 0 Å². The second-order valence-electron chi connectivity index (χ2n) is 7.82. The Morgan fingerprint density at radius 3 is 2.81 bits per heavy atom. The van der Waals surface area contributed by atoms with Gasteiger partial charge in [0.25, 0.3) is 1.43 Å². The summed E-state index contributed by atoms with van der Waals surface area (Å²) >= 11 is 0. The normalized spacial score (nSPS) is 17.1. The molecule has 0 atom stereocenters.